The molecular weight excluding hydrogens is 143 g/mol. The maximum Gasteiger partial charge on any atom is 1.00 e. The van der Waals surface area contributed by atoms with E-state index in [9.17, 15) is 0 Å². The third-order valence-electron chi connectivity index (χ3n) is 1.57. The van der Waals surface area contributed by atoms with Gasteiger partial charge in [-0.05, 0) is 0 Å². The third-order valence-corrected chi connectivity index (χ3v) is 1.57. The van der Waals surface area contributed by atoms with Crippen LogP contribution in [0, 0.1) is 6.07 Å². The fraction of sp³-hybridized carbons (Fsp3) is 0.400. The molecule has 0 amide bonds. The van der Waals surface area contributed by atoms with Crippen LogP contribution in [0.2, 0.25) is 0 Å². The molecule has 0 aliphatic rings. The standard InChI is InChI=1S/C10H13.Na/c1-2-3-7-10-8-5-4-6-9-10;/h4-6,8H,2-3,7H2,1H3;/q-1;+1. The Hall–Kier alpha value is 0.220. The first-order valence-corrected chi connectivity index (χ1v) is 3.89. The molecule has 1 rings (SSSR count). The monoisotopic (exact) mass is 156 g/mol. The summed E-state index contributed by atoms with van der Waals surface area (Å²) in [5, 5.41) is 0. The van der Waals surface area contributed by atoms with Gasteiger partial charge in [-0.2, -0.15) is 35.9 Å². The van der Waals surface area contributed by atoms with Crippen molar-refractivity contribution in [3.63, 3.8) is 0 Å². The van der Waals surface area contributed by atoms with Crippen molar-refractivity contribution in [3.05, 3.63) is 35.9 Å². The molecule has 0 aromatic heterocycles. The Labute approximate surface area is 91.3 Å². The van der Waals surface area contributed by atoms with E-state index in [1.807, 2.05) is 12.1 Å². The number of aryl methyl sites for hydroxylation is 1. The summed E-state index contributed by atoms with van der Waals surface area (Å²) in [6.45, 7) is 2.21. The Balaban J connectivity index is 0.000001000. The summed E-state index contributed by atoms with van der Waals surface area (Å²) in [6.07, 6.45) is 3.72. The predicted octanol–water partition coefficient (Wildman–Crippen LogP) is -0.167. The molecule has 0 heterocycles. The molecule has 1 aromatic carbocycles. The van der Waals surface area contributed by atoms with Crippen molar-refractivity contribution in [2.75, 3.05) is 0 Å². The second kappa shape index (κ2) is 6.90. The molecule has 0 aliphatic carbocycles. The summed E-state index contributed by atoms with van der Waals surface area (Å²) >= 11 is 0. The number of hydrogen-bond acceptors (Lipinski definition) is 0. The topological polar surface area (TPSA) is 0 Å². The van der Waals surface area contributed by atoms with Crippen molar-refractivity contribution < 1.29 is 29.6 Å². The van der Waals surface area contributed by atoms with Crippen molar-refractivity contribution in [2.45, 2.75) is 26.2 Å². The smallest absolute Gasteiger partial charge is 0.180 e. The fourth-order valence-electron chi connectivity index (χ4n) is 0.953. The molecule has 11 heavy (non-hydrogen) atoms. The van der Waals surface area contributed by atoms with Gasteiger partial charge in [0.2, 0.25) is 0 Å². The van der Waals surface area contributed by atoms with Crippen molar-refractivity contribution in [2.24, 2.45) is 0 Å². The molecular formula is C10H13Na. The van der Waals surface area contributed by atoms with Crippen LogP contribution in [0.3, 0.4) is 0 Å². The largest absolute Gasteiger partial charge is 1.00 e. The van der Waals surface area contributed by atoms with Gasteiger partial charge in [0.15, 0.2) is 0 Å². The van der Waals surface area contributed by atoms with E-state index in [4.69, 9.17) is 0 Å². The zero-order valence-electron chi connectivity index (χ0n) is 7.43. The molecule has 1 aromatic rings. The Morgan fingerprint density at radius 3 is 2.73 bits per heavy atom. The van der Waals surface area contributed by atoms with Gasteiger partial charge in [-0.3, -0.25) is 0 Å². The van der Waals surface area contributed by atoms with Gasteiger partial charge in [0.25, 0.3) is 0 Å². The zero-order chi connectivity index (χ0) is 7.23. The van der Waals surface area contributed by atoms with E-state index in [1.165, 1.54) is 24.8 Å². The first-order chi connectivity index (χ1) is 4.93. The van der Waals surface area contributed by atoms with E-state index in [1.54, 1.807) is 0 Å². The van der Waals surface area contributed by atoms with Crippen LogP contribution in [0.15, 0.2) is 24.3 Å². The molecule has 0 nitrogen and oxygen atoms in total. The first kappa shape index (κ1) is 11.2. The Kier molecular flexibility index (Phi) is 7.04. The molecule has 0 N–H and O–H groups in total. The van der Waals surface area contributed by atoms with E-state index >= 15 is 0 Å². The maximum atomic E-state index is 3.20. The molecule has 0 spiro atoms. The van der Waals surface area contributed by atoms with Crippen LogP contribution in [0.5, 0.6) is 0 Å². The molecule has 0 radical (unpaired) electrons. The first-order valence-electron chi connectivity index (χ1n) is 3.89. The van der Waals surface area contributed by atoms with Crippen molar-refractivity contribution in [1.29, 1.82) is 0 Å². The second-order valence-corrected chi connectivity index (χ2v) is 2.49. The predicted molar refractivity (Wildman–Crippen MR) is 43.9 cm³/mol. The van der Waals surface area contributed by atoms with E-state index in [0.29, 0.717) is 0 Å². The third kappa shape index (κ3) is 4.62. The van der Waals surface area contributed by atoms with Gasteiger partial charge in [0.1, 0.15) is 0 Å². The van der Waals surface area contributed by atoms with Gasteiger partial charge < -0.3 is 0 Å². The number of unbranched alkanes of at least 4 members (excludes halogenated alkanes) is 1. The average Bonchev–Trinajstić information content (AvgIpc) is 2.03. The van der Waals surface area contributed by atoms with E-state index < -0.39 is 0 Å². The number of rotatable bonds is 3. The molecule has 0 bridgehead atoms. The molecule has 0 unspecified atom stereocenters. The number of benzene rings is 1. The fourth-order valence-corrected chi connectivity index (χ4v) is 0.953. The molecule has 1 heteroatoms. The summed E-state index contributed by atoms with van der Waals surface area (Å²) in [6, 6.07) is 11.4. The van der Waals surface area contributed by atoms with Gasteiger partial charge in [-0.15, -0.1) is 0 Å². The van der Waals surface area contributed by atoms with Crippen LogP contribution in [0.4, 0.5) is 0 Å². The summed E-state index contributed by atoms with van der Waals surface area (Å²) < 4.78 is 0. The summed E-state index contributed by atoms with van der Waals surface area (Å²) in [5.41, 5.74) is 1.34. The van der Waals surface area contributed by atoms with Crippen molar-refractivity contribution >= 4 is 0 Å². The Morgan fingerprint density at radius 2 is 2.18 bits per heavy atom. The molecule has 0 saturated heterocycles. The second-order valence-electron chi connectivity index (χ2n) is 2.49. The van der Waals surface area contributed by atoms with Crippen molar-refractivity contribution in [1.82, 2.24) is 0 Å². The van der Waals surface area contributed by atoms with Crippen LogP contribution in [-0.2, 0) is 6.42 Å². The summed E-state index contributed by atoms with van der Waals surface area (Å²) in [4.78, 5) is 0. The Bertz CT molecular complexity index is 169. The molecule has 0 aliphatic heterocycles. The zero-order valence-corrected chi connectivity index (χ0v) is 9.43. The molecule has 0 fully saturated rings. The average molecular weight is 156 g/mol. The Morgan fingerprint density at radius 1 is 1.36 bits per heavy atom. The summed E-state index contributed by atoms with van der Waals surface area (Å²) in [7, 11) is 0. The minimum atomic E-state index is 0. The molecule has 54 valence electrons. The quantitative estimate of drug-likeness (QED) is 0.421. The normalized spacial score (nSPS) is 8.82. The van der Waals surface area contributed by atoms with Gasteiger partial charge in [-0.25, -0.2) is 0 Å². The van der Waals surface area contributed by atoms with Crippen LogP contribution < -0.4 is 29.6 Å². The minimum Gasteiger partial charge on any atom is -0.180 e. The van der Waals surface area contributed by atoms with Crippen molar-refractivity contribution in [3.8, 4) is 0 Å². The number of hydrogen-bond donors (Lipinski definition) is 0. The van der Waals surface area contributed by atoms with Gasteiger partial charge in [0, 0.05) is 0 Å². The maximum absolute atomic E-state index is 3.20. The van der Waals surface area contributed by atoms with E-state index in [2.05, 4.69) is 25.1 Å². The van der Waals surface area contributed by atoms with Gasteiger partial charge in [0.05, 0.1) is 0 Å². The summed E-state index contributed by atoms with van der Waals surface area (Å²) in [5.74, 6) is 0. The SMILES string of the molecule is CCCCc1[c-]cccc1.[Na+]. The van der Waals surface area contributed by atoms with Crippen LogP contribution in [0.1, 0.15) is 25.3 Å². The van der Waals surface area contributed by atoms with Crippen LogP contribution in [0.25, 0.3) is 0 Å². The van der Waals surface area contributed by atoms with Crippen LogP contribution in [-0.4, -0.2) is 0 Å². The van der Waals surface area contributed by atoms with Crippen LogP contribution >= 0.6 is 0 Å². The van der Waals surface area contributed by atoms with E-state index in [0.717, 1.165) is 0 Å². The van der Waals surface area contributed by atoms with Gasteiger partial charge in [-0.1, -0.05) is 26.2 Å². The molecule has 0 atom stereocenters. The minimum absolute atomic E-state index is 0. The van der Waals surface area contributed by atoms with Gasteiger partial charge >= 0.3 is 29.6 Å². The molecule has 0 saturated carbocycles. The van der Waals surface area contributed by atoms with E-state index in [-0.39, 0.29) is 29.6 Å².